The predicted molar refractivity (Wildman–Crippen MR) is 107 cm³/mol. The molecule has 0 aromatic heterocycles. The van der Waals surface area contributed by atoms with Crippen LogP contribution in [0, 0.1) is 0 Å². The van der Waals surface area contributed by atoms with E-state index in [9.17, 15) is 9.59 Å². The van der Waals surface area contributed by atoms with Crippen LogP contribution in [0.25, 0.3) is 0 Å². The summed E-state index contributed by atoms with van der Waals surface area (Å²) in [5.74, 6) is 0.202. The SMILES string of the molecule is CCOc1cc(C(=O)OC(C)C(=O)NCC(C)c2ccccc2)ccc1OC. The zero-order valence-corrected chi connectivity index (χ0v) is 16.7. The van der Waals surface area contributed by atoms with Crippen molar-refractivity contribution in [2.24, 2.45) is 0 Å². The van der Waals surface area contributed by atoms with Crippen molar-refractivity contribution in [3.05, 3.63) is 59.7 Å². The van der Waals surface area contributed by atoms with Crippen molar-refractivity contribution in [3.63, 3.8) is 0 Å². The minimum Gasteiger partial charge on any atom is -0.493 e. The standard InChI is InChI=1S/C22H27NO5/c1-5-27-20-13-18(11-12-19(20)26-4)22(25)28-16(3)21(24)23-14-15(2)17-9-7-6-8-10-17/h6-13,15-16H,5,14H2,1-4H3,(H,23,24). The highest BCUT2D eigenvalue weighted by molar-refractivity contribution is 5.92. The van der Waals surface area contributed by atoms with E-state index in [-0.39, 0.29) is 11.8 Å². The van der Waals surface area contributed by atoms with Gasteiger partial charge in [-0.05, 0) is 43.5 Å². The van der Waals surface area contributed by atoms with Crippen molar-refractivity contribution < 1.29 is 23.8 Å². The molecule has 1 amide bonds. The van der Waals surface area contributed by atoms with Crippen molar-refractivity contribution in [1.29, 1.82) is 0 Å². The van der Waals surface area contributed by atoms with Crippen LogP contribution in [0.4, 0.5) is 0 Å². The molecule has 2 unspecified atom stereocenters. The second kappa shape index (κ2) is 10.3. The fourth-order valence-corrected chi connectivity index (χ4v) is 2.65. The highest BCUT2D eigenvalue weighted by atomic mass is 16.5. The Morgan fingerprint density at radius 3 is 2.39 bits per heavy atom. The van der Waals surface area contributed by atoms with E-state index in [0.717, 1.165) is 5.56 Å². The Balaban J connectivity index is 1.92. The van der Waals surface area contributed by atoms with Crippen molar-refractivity contribution >= 4 is 11.9 Å². The Kier molecular flexibility index (Phi) is 7.87. The number of hydrogen-bond donors (Lipinski definition) is 1. The molecule has 0 aliphatic rings. The number of carbonyl (C=O) groups is 2. The minimum atomic E-state index is -0.909. The molecule has 0 saturated carbocycles. The summed E-state index contributed by atoms with van der Waals surface area (Å²) >= 11 is 0. The second-order valence-electron chi connectivity index (χ2n) is 6.40. The van der Waals surface area contributed by atoms with Crippen LogP contribution in [0.2, 0.25) is 0 Å². The topological polar surface area (TPSA) is 73.9 Å². The smallest absolute Gasteiger partial charge is 0.339 e. The quantitative estimate of drug-likeness (QED) is 0.668. The lowest BCUT2D eigenvalue weighted by molar-refractivity contribution is -0.129. The van der Waals surface area contributed by atoms with Crippen molar-refractivity contribution in [1.82, 2.24) is 5.32 Å². The van der Waals surface area contributed by atoms with Crippen LogP contribution in [0.1, 0.15) is 42.6 Å². The van der Waals surface area contributed by atoms with Gasteiger partial charge in [-0.2, -0.15) is 0 Å². The van der Waals surface area contributed by atoms with Gasteiger partial charge < -0.3 is 19.5 Å². The third-order valence-corrected chi connectivity index (χ3v) is 4.30. The zero-order chi connectivity index (χ0) is 20.5. The third kappa shape index (κ3) is 5.74. The van der Waals surface area contributed by atoms with Gasteiger partial charge in [0, 0.05) is 6.54 Å². The van der Waals surface area contributed by atoms with Crippen LogP contribution < -0.4 is 14.8 Å². The number of benzene rings is 2. The van der Waals surface area contributed by atoms with Crippen molar-refractivity contribution in [2.75, 3.05) is 20.3 Å². The Labute approximate surface area is 165 Å². The van der Waals surface area contributed by atoms with Crippen LogP contribution in [0.15, 0.2) is 48.5 Å². The van der Waals surface area contributed by atoms with Crippen LogP contribution >= 0.6 is 0 Å². The summed E-state index contributed by atoms with van der Waals surface area (Å²) in [6, 6.07) is 14.7. The van der Waals surface area contributed by atoms with Crippen LogP contribution in [-0.4, -0.2) is 38.2 Å². The number of ether oxygens (including phenoxy) is 3. The highest BCUT2D eigenvalue weighted by Crippen LogP contribution is 2.28. The van der Waals surface area contributed by atoms with Gasteiger partial charge >= 0.3 is 5.97 Å². The van der Waals surface area contributed by atoms with Gasteiger partial charge in [0.05, 0.1) is 19.3 Å². The molecule has 0 bridgehead atoms. The summed E-state index contributed by atoms with van der Waals surface area (Å²) in [5.41, 5.74) is 1.43. The maximum atomic E-state index is 12.4. The van der Waals surface area contributed by atoms with Gasteiger partial charge in [-0.15, -0.1) is 0 Å². The fraction of sp³-hybridized carbons (Fsp3) is 0.364. The predicted octanol–water partition coefficient (Wildman–Crippen LogP) is 3.56. The molecule has 0 aliphatic carbocycles. The molecule has 2 aromatic rings. The lowest BCUT2D eigenvalue weighted by Gasteiger charge is -2.17. The lowest BCUT2D eigenvalue weighted by Crippen LogP contribution is -2.37. The van der Waals surface area contributed by atoms with Crippen LogP contribution in [0.3, 0.4) is 0 Å². The molecular weight excluding hydrogens is 358 g/mol. The molecule has 0 radical (unpaired) electrons. The molecule has 0 saturated heterocycles. The van der Waals surface area contributed by atoms with E-state index in [4.69, 9.17) is 14.2 Å². The maximum Gasteiger partial charge on any atom is 0.339 e. The number of rotatable bonds is 9. The first-order valence-corrected chi connectivity index (χ1v) is 9.30. The van der Waals surface area contributed by atoms with E-state index >= 15 is 0 Å². The average Bonchev–Trinajstić information content (AvgIpc) is 2.72. The maximum absolute atomic E-state index is 12.4. The molecule has 28 heavy (non-hydrogen) atoms. The molecule has 0 fully saturated rings. The average molecular weight is 385 g/mol. The number of amides is 1. The van der Waals surface area contributed by atoms with E-state index in [2.05, 4.69) is 5.32 Å². The summed E-state index contributed by atoms with van der Waals surface area (Å²) in [4.78, 5) is 24.7. The molecule has 0 heterocycles. The summed E-state index contributed by atoms with van der Waals surface area (Å²) in [5, 5.41) is 2.83. The monoisotopic (exact) mass is 385 g/mol. The number of esters is 1. The van der Waals surface area contributed by atoms with Gasteiger partial charge in [-0.3, -0.25) is 4.79 Å². The van der Waals surface area contributed by atoms with E-state index in [1.807, 2.05) is 44.2 Å². The Bertz CT molecular complexity index is 791. The van der Waals surface area contributed by atoms with Crippen molar-refractivity contribution in [2.45, 2.75) is 32.8 Å². The lowest BCUT2D eigenvalue weighted by atomic mass is 10.0. The molecule has 0 spiro atoms. The summed E-state index contributed by atoms with van der Waals surface area (Å²) in [6.45, 7) is 6.31. The number of nitrogens with one attached hydrogen (secondary N) is 1. The molecule has 0 aliphatic heterocycles. The van der Waals surface area contributed by atoms with E-state index in [0.29, 0.717) is 30.2 Å². The van der Waals surface area contributed by atoms with E-state index in [1.54, 1.807) is 25.1 Å². The number of methoxy groups -OCH3 is 1. The Morgan fingerprint density at radius 2 is 1.75 bits per heavy atom. The van der Waals surface area contributed by atoms with Crippen molar-refractivity contribution in [3.8, 4) is 11.5 Å². The van der Waals surface area contributed by atoms with Gasteiger partial charge in [0.15, 0.2) is 17.6 Å². The van der Waals surface area contributed by atoms with Gasteiger partial charge in [0.2, 0.25) is 0 Å². The van der Waals surface area contributed by atoms with E-state index in [1.165, 1.54) is 7.11 Å². The third-order valence-electron chi connectivity index (χ3n) is 4.30. The molecule has 2 rings (SSSR count). The summed E-state index contributed by atoms with van der Waals surface area (Å²) in [6.07, 6.45) is -0.909. The van der Waals surface area contributed by atoms with Gasteiger partial charge in [0.1, 0.15) is 0 Å². The molecule has 6 nitrogen and oxygen atoms in total. The Hall–Kier alpha value is -3.02. The molecule has 2 aromatic carbocycles. The fourth-order valence-electron chi connectivity index (χ4n) is 2.65. The molecule has 2 atom stereocenters. The van der Waals surface area contributed by atoms with Gasteiger partial charge in [-0.1, -0.05) is 37.3 Å². The normalized spacial score (nSPS) is 12.6. The largest absolute Gasteiger partial charge is 0.493 e. The van der Waals surface area contributed by atoms with Gasteiger partial charge in [-0.25, -0.2) is 4.79 Å². The minimum absolute atomic E-state index is 0.156. The zero-order valence-electron chi connectivity index (χ0n) is 16.7. The molecule has 1 N–H and O–H groups in total. The van der Waals surface area contributed by atoms with Crippen LogP contribution in [-0.2, 0) is 9.53 Å². The van der Waals surface area contributed by atoms with Crippen LogP contribution in [0.5, 0.6) is 11.5 Å². The molecular formula is C22H27NO5. The summed E-state index contributed by atoms with van der Waals surface area (Å²) in [7, 11) is 1.53. The number of carbonyl (C=O) groups excluding carboxylic acids is 2. The van der Waals surface area contributed by atoms with Gasteiger partial charge in [0.25, 0.3) is 5.91 Å². The first kappa shape index (κ1) is 21.3. The molecule has 150 valence electrons. The number of hydrogen-bond acceptors (Lipinski definition) is 5. The summed E-state index contributed by atoms with van der Waals surface area (Å²) < 4.78 is 16.0. The second-order valence-corrected chi connectivity index (χ2v) is 6.40. The molecule has 6 heteroatoms. The highest BCUT2D eigenvalue weighted by Gasteiger charge is 2.20. The first-order chi connectivity index (χ1) is 13.5. The Morgan fingerprint density at radius 1 is 1.04 bits per heavy atom. The first-order valence-electron chi connectivity index (χ1n) is 9.30. The van der Waals surface area contributed by atoms with E-state index < -0.39 is 12.1 Å².